The van der Waals surface area contributed by atoms with Crippen LogP contribution in [-0.4, -0.2) is 31.5 Å². The molecule has 0 bridgehead atoms. The maximum atomic E-state index is 12.3. The number of thiazole rings is 1. The first-order valence-electron chi connectivity index (χ1n) is 6.61. The van der Waals surface area contributed by atoms with Crippen LogP contribution in [0, 0.1) is 6.92 Å². The van der Waals surface area contributed by atoms with Gasteiger partial charge in [-0.2, -0.15) is 0 Å². The summed E-state index contributed by atoms with van der Waals surface area (Å²) in [6.07, 6.45) is 3.49. The molecule has 2 aromatic heterocycles. The molecule has 0 aliphatic heterocycles. The molecular weight excluding hydrogens is 308 g/mol. The summed E-state index contributed by atoms with van der Waals surface area (Å²) < 4.78 is 27.2. The lowest BCUT2D eigenvalue weighted by Gasteiger charge is -2.11. The van der Waals surface area contributed by atoms with E-state index in [9.17, 15) is 8.42 Å². The number of rotatable bonds is 7. The van der Waals surface area contributed by atoms with Gasteiger partial charge in [0.2, 0.25) is 10.0 Å². The van der Waals surface area contributed by atoms with Crippen LogP contribution in [0.4, 0.5) is 5.69 Å². The molecule has 0 radical (unpaired) electrons. The average molecular weight is 326 g/mol. The minimum atomic E-state index is -3.58. The van der Waals surface area contributed by atoms with E-state index in [1.165, 1.54) is 6.20 Å². The molecule has 0 aromatic carbocycles. The van der Waals surface area contributed by atoms with Crippen molar-refractivity contribution in [3.63, 3.8) is 0 Å². The standard InChI is InChI=1S/C13H18N4O2S2/c1-3-15-12-5-6-14-8-13(12)21(18,19)16-7-4-11-9-20-10(2)17-11/h5-6,8-9,16H,3-4,7H2,1-2H3,(H,14,15). The SMILES string of the molecule is CCNc1ccncc1S(=O)(=O)NCCc1csc(C)n1. The zero-order chi connectivity index (χ0) is 15.3. The number of nitrogens with one attached hydrogen (secondary N) is 2. The van der Waals surface area contributed by atoms with E-state index in [4.69, 9.17) is 0 Å². The number of pyridine rings is 1. The summed E-state index contributed by atoms with van der Waals surface area (Å²) in [7, 11) is -3.58. The fraction of sp³-hybridized carbons (Fsp3) is 0.385. The third-order valence-corrected chi connectivity index (χ3v) is 5.09. The Morgan fingerprint density at radius 3 is 2.86 bits per heavy atom. The van der Waals surface area contributed by atoms with Crippen LogP contribution in [0.15, 0.2) is 28.7 Å². The molecule has 114 valence electrons. The van der Waals surface area contributed by atoms with Gasteiger partial charge in [0, 0.05) is 37.3 Å². The van der Waals surface area contributed by atoms with Gasteiger partial charge in [0.15, 0.2) is 0 Å². The fourth-order valence-electron chi connectivity index (χ4n) is 1.84. The number of hydrogen-bond donors (Lipinski definition) is 2. The van der Waals surface area contributed by atoms with Gasteiger partial charge in [-0.15, -0.1) is 11.3 Å². The number of anilines is 1. The first-order chi connectivity index (χ1) is 10.0. The van der Waals surface area contributed by atoms with Gasteiger partial charge in [-0.3, -0.25) is 4.98 Å². The van der Waals surface area contributed by atoms with Crippen LogP contribution in [0.25, 0.3) is 0 Å². The lowest BCUT2D eigenvalue weighted by atomic mass is 10.3. The summed E-state index contributed by atoms with van der Waals surface area (Å²) in [5.41, 5.74) is 1.46. The summed E-state index contributed by atoms with van der Waals surface area (Å²) in [4.78, 5) is 8.37. The van der Waals surface area contributed by atoms with Crippen LogP contribution in [0.5, 0.6) is 0 Å². The van der Waals surface area contributed by atoms with E-state index in [1.807, 2.05) is 19.2 Å². The van der Waals surface area contributed by atoms with Gasteiger partial charge >= 0.3 is 0 Å². The number of nitrogens with zero attached hydrogens (tertiary/aromatic N) is 2. The van der Waals surface area contributed by atoms with Crippen LogP contribution in [0.3, 0.4) is 0 Å². The van der Waals surface area contributed by atoms with Crippen molar-refractivity contribution in [1.82, 2.24) is 14.7 Å². The second-order valence-corrected chi connectivity index (χ2v) is 7.21. The van der Waals surface area contributed by atoms with Crippen molar-refractivity contribution < 1.29 is 8.42 Å². The predicted molar refractivity (Wildman–Crippen MR) is 84.1 cm³/mol. The lowest BCUT2D eigenvalue weighted by molar-refractivity contribution is 0.581. The van der Waals surface area contributed by atoms with E-state index < -0.39 is 10.0 Å². The van der Waals surface area contributed by atoms with Crippen LogP contribution in [0.1, 0.15) is 17.6 Å². The van der Waals surface area contributed by atoms with Crippen molar-refractivity contribution in [2.75, 3.05) is 18.4 Å². The molecule has 2 aromatic rings. The minimum absolute atomic E-state index is 0.168. The Kier molecular flexibility index (Phi) is 5.27. The van der Waals surface area contributed by atoms with Crippen molar-refractivity contribution in [3.8, 4) is 0 Å². The van der Waals surface area contributed by atoms with Gasteiger partial charge in [0.1, 0.15) is 4.90 Å². The van der Waals surface area contributed by atoms with Crippen molar-refractivity contribution in [3.05, 3.63) is 34.5 Å². The maximum absolute atomic E-state index is 12.3. The zero-order valence-electron chi connectivity index (χ0n) is 12.0. The molecule has 2 rings (SSSR count). The first kappa shape index (κ1) is 15.9. The van der Waals surface area contributed by atoms with Crippen LogP contribution in [-0.2, 0) is 16.4 Å². The summed E-state index contributed by atoms with van der Waals surface area (Å²) in [6, 6.07) is 1.65. The minimum Gasteiger partial charge on any atom is -0.384 e. The molecular formula is C13H18N4O2S2. The molecule has 0 aliphatic carbocycles. The Bertz CT molecular complexity index is 698. The molecule has 0 fully saturated rings. The highest BCUT2D eigenvalue weighted by Gasteiger charge is 2.18. The number of aryl methyl sites for hydroxylation is 1. The monoisotopic (exact) mass is 326 g/mol. The third-order valence-electron chi connectivity index (χ3n) is 2.78. The molecule has 0 unspecified atom stereocenters. The molecule has 0 saturated heterocycles. The van der Waals surface area contributed by atoms with Gasteiger partial charge in [-0.25, -0.2) is 18.1 Å². The lowest BCUT2D eigenvalue weighted by Crippen LogP contribution is -2.27. The molecule has 0 aliphatic rings. The molecule has 0 saturated carbocycles. The number of sulfonamides is 1. The fourth-order valence-corrected chi connectivity index (χ4v) is 3.65. The van der Waals surface area contributed by atoms with Crippen LogP contribution < -0.4 is 10.0 Å². The van der Waals surface area contributed by atoms with Crippen molar-refractivity contribution in [1.29, 1.82) is 0 Å². The van der Waals surface area contributed by atoms with Crippen molar-refractivity contribution in [2.45, 2.75) is 25.2 Å². The quantitative estimate of drug-likeness (QED) is 0.810. The summed E-state index contributed by atoms with van der Waals surface area (Å²) in [6.45, 7) is 4.79. The smallest absolute Gasteiger partial charge is 0.244 e. The van der Waals surface area contributed by atoms with Gasteiger partial charge in [0.25, 0.3) is 0 Å². The number of aromatic nitrogens is 2. The largest absolute Gasteiger partial charge is 0.384 e. The highest BCUT2D eigenvalue weighted by molar-refractivity contribution is 7.89. The molecule has 2 N–H and O–H groups in total. The molecule has 2 heterocycles. The molecule has 0 spiro atoms. The zero-order valence-corrected chi connectivity index (χ0v) is 13.6. The van der Waals surface area contributed by atoms with E-state index in [2.05, 4.69) is 20.0 Å². The molecule has 21 heavy (non-hydrogen) atoms. The second kappa shape index (κ2) is 6.97. The number of hydrogen-bond acceptors (Lipinski definition) is 6. The Morgan fingerprint density at radius 1 is 1.38 bits per heavy atom. The average Bonchev–Trinajstić information content (AvgIpc) is 2.85. The van der Waals surface area contributed by atoms with E-state index in [-0.39, 0.29) is 4.90 Å². The van der Waals surface area contributed by atoms with Gasteiger partial charge in [-0.1, -0.05) is 0 Å². The Hall–Kier alpha value is -1.51. The van der Waals surface area contributed by atoms with Gasteiger partial charge in [-0.05, 0) is 19.9 Å². The first-order valence-corrected chi connectivity index (χ1v) is 8.97. The van der Waals surface area contributed by atoms with Gasteiger partial charge < -0.3 is 5.32 Å². The Balaban J connectivity index is 2.04. The van der Waals surface area contributed by atoms with E-state index in [1.54, 1.807) is 23.6 Å². The summed E-state index contributed by atoms with van der Waals surface area (Å²) >= 11 is 1.56. The van der Waals surface area contributed by atoms with Gasteiger partial charge in [0.05, 0.1) is 16.4 Å². The second-order valence-electron chi connectivity index (χ2n) is 4.41. The van der Waals surface area contributed by atoms with Crippen molar-refractivity contribution >= 4 is 27.0 Å². The van der Waals surface area contributed by atoms with Crippen molar-refractivity contribution in [2.24, 2.45) is 0 Å². The third kappa shape index (κ3) is 4.23. The van der Waals surface area contributed by atoms with Crippen LogP contribution in [0.2, 0.25) is 0 Å². The molecule has 0 amide bonds. The van der Waals surface area contributed by atoms with Crippen LogP contribution >= 0.6 is 11.3 Å². The molecule has 8 heteroatoms. The topological polar surface area (TPSA) is 84.0 Å². The van der Waals surface area contributed by atoms with E-state index in [0.29, 0.717) is 25.2 Å². The van der Waals surface area contributed by atoms with E-state index >= 15 is 0 Å². The highest BCUT2D eigenvalue weighted by atomic mass is 32.2. The Morgan fingerprint density at radius 2 is 2.19 bits per heavy atom. The summed E-state index contributed by atoms with van der Waals surface area (Å²) in [5.74, 6) is 0. The molecule has 6 nitrogen and oxygen atoms in total. The highest BCUT2D eigenvalue weighted by Crippen LogP contribution is 2.19. The maximum Gasteiger partial charge on any atom is 0.244 e. The molecule has 0 atom stereocenters. The van der Waals surface area contributed by atoms with E-state index in [0.717, 1.165) is 10.7 Å². The summed E-state index contributed by atoms with van der Waals surface area (Å²) in [5, 5.41) is 5.95. The normalized spacial score (nSPS) is 11.5. The Labute approximate surface area is 128 Å². The predicted octanol–water partition coefficient (Wildman–Crippen LogP) is 1.80.